The number of amides is 2. The molecule has 5 heteroatoms. The van der Waals surface area contributed by atoms with Crippen molar-refractivity contribution < 1.29 is 14.6 Å². The van der Waals surface area contributed by atoms with E-state index in [0.717, 1.165) is 22.7 Å². The minimum Gasteiger partial charge on any atom is -0.497 e. The van der Waals surface area contributed by atoms with Gasteiger partial charge >= 0.3 is 6.03 Å². The number of carbonyl (C=O) groups excluding carboxylic acids is 1. The molecule has 0 aliphatic rings. The third kappa shape index (κ3) is 3.38. The minimum absolute atomic E-state index is 0.0102. The number of hydrogen-bond acceptors (Lipinski definition) is 3. The number of urea groups is 1. The van der Waals surface area contributed by atoms with Crippen LogP contribution < -0.4 is 14.5 Å². The van der Waals surface area contributed by atoms with Crippen molar-refractivity contribution in [1.29, 1.82) is 0 Å². The largest absolute Gasteiger partial charge is 0.497 e. The van der Waals surface area contributed by atoms with Gasteiger partial charge < -0.3 is 9.84 Å². The van der Waals surface area contributed by atoms with Gasteiger partial charge in [0, 0.05) is 25.5 Å². The van der Waals surface area contributed by atoms with Crippen molar-refractivity contribution in [2.75, 3.05) is 31.0 Å². The van der Waals surface area contributed by atoms with E-state index in [-0.39, 0.29) is 12.6 Å². The molecule has 2 amide bonds. The van der Waals surface area contributed by atoms with Crippen molar-refractivity contribution in [3.63, 3.8) is 0 Å². The Kier molecular flexibility index (Phi) is 5.01. The van der Waals surface area contributed by atoms with E-state index >= 15 is 0 Å². The average Bonchev–Trinajstić information content (AvgIpc) is 2.60. The van der Waals surface area contributed by atoms with Crippen molar-refractivity contribution in [2.24, 2.45) is 0 Å². The molecule has 0 heterocycles. The summed E-state index contributed by atoms with van der Waals surface area (Å²) in [7, 11) is 5.05. The van der Waals surface area contributed by atoms with Gasteiger partial charge in [-0.3, -0.25) is 9.80 Å². The number of methoxy groups -OCH3 is 1. The van der Waals surface area contributed by atoms with Crippen LogP contribution in [0.25, 0.3) is 0 Å². The molecule has 0 unspecified atom stereocenters. The highest BCUT2D eigenvalue weighted by atomic mass is 16.5. The summed E-state index contributed by atoms with van der Waals surface area (Å²) in [5.74, 6) is 0.748. The fourth-order valence-electron chi connectivity index (χ4n) is 2.08. The third-order valence-corrected chi connectivity index (χ3v) is 3.54. The molecule has 2 rings (SSSR count). The minimum atomic E-state index is -0.151. The number of benzene rings is 2. The van der Waals surface area contributed by atoms with Gasteiger partial charge in [0.25, 0.3) is 0 Å². The van der Waals surface area contributed by atoms with Crippen LogP contribution in [0.4, 0.5) is 16.2 Å². The molecule has 0 aliphatic carbocycles. The first-order valence-electron chi connectivity index (χ1n) is 6.92. The van der Waals surface area contributed by atoms with Crippen molar-refractivity contribution >= 4 is 17.4 Å². The lowest BCUT2D eigenvalue weighted by Gasteiger charge is -2.25. The van der Waals surface area contributed by atoms with E-state index in [1.807, 2.05) is 36.4 Å². The molecule has 0 spiro atoms. The van der Waals surface area contributed by atoms with Gasteiger partial charge in [0.05, 0.1) is 13.7 Å². The average molecular weight is 300 g/mol. The third-order valence-electron chi connectivity index (χ3n) is 3.54. The number of carbonyl (C=O) groups is 1. The van der Waals surface area contributed by atoms with Crippen LogP contribution in [-0.4, -0.2) is 32.3 Å². The number of aliphatic hydroxyl groups is 1. The molecule has 0 bridgehead atoms. The summed E-state index contributed by atoms with van der Waals surface area (Å²) in [6, 6.07) is 14.4. The fraction of sp³-hybridized carbons (Fsp3) is 0.235. The first-order chi connectivity index (χ1) is 10.6. The lowest BCUT2D eigenvalue weighted by Crippen LogP contribution is -2.38. The highest BCUT2D eigenvalue weighted by Crippen LogP contribution is 2.21. The first-order valence-corrected chi connectivity index (χ1v) is 6.92. The summed E-state index contributed by atoms with van der Waals surface area (Å²) in [4.78, 5) is 15.7. The lowest BCUT2D eigenvalue weighted by atomic mass is 10.2. The standard InChI is InChI=1S/C17H20N2O3/c1-18(14-6-4-13(12-20)5-7-14)17(21)19(2)15-8-10-16(22-3)11-9-15/h4-11,20H,12H2,1-3H3. The number of hydrogen-bond donors (Lipinski definition) is 1. The number of rotatable bonds is 4. The Bertz CT molecular complexity index is 568. The second kappa shape index (κ2) is 6.95. The van der Waals surface area contributed by atoms with Gasteiger partial charge in [0.1, 0.15) is 5.75 Å². The number of ether oxygens (including phenoxy) is 1. The lowest BCUT2D eigenvalue weighted by molar-refractivity contribution is 0.253. The van der Waals surface area contributed by atoms with Crippen molar-refractivity contribution in [3.05, 3.63) is 54.1 Å². The van der Waals surface area contributed by atoms with Gasteiger partial charge in [-0.15, -0.1) is 0 Å². The van der Waals surface area contributed by atoms with Crippen molar-refractivity contribution in [2.45, 2.75) is 6.61 Å². The molecular formula is C17H20N2O3. The zero-order chi connectivity index (χ0) is 16.1. The van der Waals surface area contributed by atoms with E-state index in [2.05, 4.69) is 0 Å². The Morgan fingerprint density at radius 1 is 0.955 bits per heavy atom. The van der Waals surface area contributed by atoms with Gasteiger partial charge in [-0.05, 0) is 42.0 Å². The highest BCUT2D eigenvalue weighted by molar-refractivity contribution is 6.02. The maximum atomic E-state index is 12.5. The quantitative estimate of drug-likeness (QED) is 0.944. The summed E-state index contributed by atoms with van der Waals surface area (Å²) in [5, 5.41) is 9.06. The summed E-state index contributed by atoms with van der Waals surface area (Å²) >= 11 is 0. The van der Waals surface area contributed by atoms with Crippen LogP contribution in [0.1, 0.15) is 5.56 Å². The topological polar surface area (TPSA) is 53.0 Å². The van der Waals surface area contributed by atoms with Crippen LogP contribution in [0, 0.1) is 0 Å². The van der Waals surface area contributed by atoms with Crippen LogP contribution in [0.5, 0.6) is 5.75 Å². The van der Waals surface area contributed by atoms with Gasteiger partial charge in [0.15, 0.2) is 0 Å². The molecule has 5 nitrogen and oxygen atoms in total. The summed E-state index contributed by atoms with van der Waals surface area (Å²) in [5.41, 5.74) is 2.36. The van der Waals surface area contributed by atoms with E-state index < -0.39 is 0 Å². The molecule has 0 atom stereocenters. The molecule has 116 valence electrons. The van der Waals surface area contributed by atoms with Crippen molar-refractivity contribution in [3.8, 4) is 5.75 Å². The van der Waals surface area contributed by atoms with E-state index in [0.29, 0.717) is 0 Å². The molecule has 0 fully saturated rings. The molecule has 22 heavy (non-hydrogen) atoms. The number of nitrogens with zero attached hydrogens (tertiary/aromatic N) is 2. The Labute approximate surface area is 130 Å². The molecular weight excluding hydrogens is 280 g/mol. The molecule has 0 aliphatic heterocycles. The molecule has 0 saturated heterocycles. The molecule has 2 aromatic carbocycles. The fourth-order valence-corrected chi connectivity index (χ4v) is 2.08. The molecule has 0 aromatic heterocycles. The second-order valence-electron chi connectivity index (χ2n) is 4.92. The van der Waals surface area contributed by atoms with Gasteiger partial charge in [-0.2, -0.15) is 0 Å². The number of aliphatic hydroxyl groups excluding tert-OH is 1. The summed E-state index contributed by atoms with van der Waals surface area (Å²) in [6.45, 7) is -0.0102. The van der Waals surface area contributed by atoms with E-state index in [1.54, 1.807) is 43.1 Å². The number of anilines is 2. The van der Waals surface area contributed by atoms with Crippen LogP contribution in [0.3, 0.4) is 0 Å². The Balaban J connectivity index is 2.13. The molecule has 0 saturated carbocycles. The smallest absolute Gasteiger partial charge is 0.328 e. The summed E-state index contributed by atoms with van der Waals surface area (Å²) < 4.78 is 5.11. The zero-order valence-electron chi connectivity index (χ0n) is 13.0. The predicted octanol–water partition coefficient (Wildman–Crippen LogP) is 2.88. The van der Waals surface area contributed by atoms with Gasteiger partial charge in [0.2, 0.25) is 0 Å². The normalized spacial score (nSPS) is 10.2. The van der Waals surface area contributed by atoms with Crippen LogP contribution in [0.2, 0.25) is 0 Å². The Morgan fingerprint density at radius 2 is 1.41 bits per heavy atom. The van der Waals surface area contributed by atoms with Crippen LogP contribution in [-0.2, 0) is 6.61 Å². The van der Waals surface area contributed by atoms with E-state index in [9.17, 15) is 4.79 Å². The van der Waals surface area contributed by atoms with Gasteiger partial charge in [-0.1, -0.05) is 12.1 Å². The summed E-state index contributed by atoms with van der Waals surface area (Å²) in [6.07, 6.45) is 0. The predicted molar refractivity (Wildman–Crippen MR) is 87.6 cm³/mol. The molecule has 0 radical (unpaired) electrons. The monoisotopic (exact) mass is 300 g/mol. The SMILES string of the molecule is COc1ccc(N(C)C(=O)N(C)c2ccc(CO)cc2)cc1. The van der Waals surface area contributed by atoms with Gasteiger partial charge in [-0.25, -0.2) is 4.79 Å². The zero-order valence-corrected chi connectivity index (χ0v) is 13.0. The maximum Gasteiger partial charge on any atom is 0.328 e. The van der Waals surface area contributed by atoms with Crippen LogP contribution >= 0.6 is 0 Å². The van der Waals surface area contributed by atoms with Crippen LogP contribution in [0.15, 0.2) is 48.5 Å². The molecule has 2 aromatic rings. The maximum absolute atomic E-state index is 12.5. The second-order valence-corrected chi connectivity index (χ2v) is 4.92. The Morgan fingerprint density at radius 3 is 1.82 bits per heavy atom. The highest BCUT2D eigenvalue weighted by Gasteiger charge is 2.17. The van der Waals surface area contributed by atoms with Crippen molar-refractivity contribution in [1.82, 2.24) is 0 Å². The van der Waals surface area contributed by atoms with E-state index in [4.69, 9.17) is 9.84 Å². The molecule has 1 N–H and O–H groups in total. The Hall–Kier alpha value is -2.53. The first kappa shape index (κ1) is 15.9. The van der Waals surface area contributed by atoms with E-state index in [1.165, 1.54) is 0 Å².